The van der Waals surface area contributed by atoms with Crippen LogP contribution in [-0.4, -0.2) is 78.8 Å². The molecular weight excluding hydrogens is 412 g/mol. The molecule has 166 valence electrons. The van der Waals surface area contributed by atoms with Gasteiger partial charge in [-0.3, -0.25) is 4.79 Å². The van der Waals surface area contributed by atoms with Gasteiger partial charge in [0, 0.05) is 12.1 Å². The lowest BCUT2D eigenvalue weighted by atomic mass is 9.99. The number of phenols is 3. The van der Waals surface area contributed by atoms with E-state index in [9.17, 15) is 40.5 Å². The first-order valence-corrected chi connectivity index (χ1v) is 9.26. The molecule has 1 aliphatic heterocycles. The Balaban J connectivity index is 1.89. The van der Waals surface area contributed by atoms with Crippen molar-refractivity contribution in [3.05, 3.63) is 53.6 Å². The number of phenolic OH excluding ortho intramolecular Hbond substituents is 3. The Morgan fingerprint density at radius 3 is 2.29 bits per heavy atom. The smallest absolute Gasteiger partial charge is 0.229 e. The third kappa shape index (κ3) is 4.95. The molecule has 0 bridgehead atoms. The molecule has 0 aromatic heterocycles. The van der Waals surface area contributed by atoms with Crippen molar-refractivity contribution in [3.63, 3.8) is 0 Å². The summed E-state index contributed by atoms with van der Waals surface area (Å²) in [6, 6.07) is 7.89. The van der Waals surface area contributed by atoms with Crippen LogP contribution in [-0.2, 0) is 4.74 Å². The predicted molar refractivity (Wildman–Crippen MR) is 106 cm³/mol. The van der Waals surface area contributed by atoms with E-state index >= 15 is 0 Å². The standard InChI is InChI=1S/C21H22O10/c22-9-16-18(27)19(28)20(29)21(31-16)30-15-8-12(24)7-14(26)17(15)13(25)6-3-10-1-4-11(23)5-2-10/h1-8,16,18-24,26-29H,9H2/t16-,18+,19-,20-,21+/m0/s1. The monoisotopic (exact) mass is 434 g/mol. The minimum Gasteiger partial charge on any atom is -0.508 e. The molecule has 0 saturated carbocycles. The van der Waals surface area contributed by atoms with Gasteiger partial charge in [-0.05, 0) is 23.8 Å². The lowest BCUT2D eigenvalue weighted by Crippen LogP contribution is -2.60. The lowest BCUT2D eigenvalue weighted by molar-refractivity contribution is -0.277. The van der Waals surface area contributed by atoms with Crippen LogP contribution < -0.4 is 4.74 Å². The zero-order chi connectivity index (χ0) is 22.7. The van der Waals surface area contributed by atoms with E-state index in [2.05, 4.69) is 0 Å². The van der Waals surface area contributed by atoms with Crippen molar-refractivity contribution in [2.75, 3.05) is 6.61 Å². The van der Waals surface area contributed by atoms with Crippen molar-refractivity contribution < 1.29 is 50.0 Å². The number of aromatic hydroxyl groups is 3. The molecule has 0 unspecified atom stereocenters. The van der Waals surface area contributed by atoms with E-state index in [1.54, 1.807) is 12.1 Å². The first-order chi connectivity index (χ1) is 14.7. The molecule has 31 heavy (non-hydrogen) atoms. The molecule has 2 aromatic carbocycles. The number of benzene rings is 2. The Kier molecular flexibility index (Phi) is 6.78. The largest absolute Gasteiger partial charge is 0.508 e. The van der Waals surface area contributed by atoms with Crippen LogP contribution in [0.3, 0.4) is 0 Å². The molecule has 10 nitrogen and oxygen atoms in total. The van der Waals surface area contributed by atoms with Gasteiger partial charge in [0.15, 0.2) is 5.78 Å². The molecular formula is C21H22O10. The number of ether oxygens (including phenoxy) is 2. The number of carbonyl (C=O) groups excluding carboxylic acids is 1. The predicted octanol–water partition coefficient (Wildman–Crippen LogP) is -0.122. The summed E-state index contributed by atoms with van der Waals surface area (Å²) in [6.07, 6.45) is -5.39. The molecule has 1 fully saturated rings. The third-order valence-corrected chi connectivity index (χ3v) is 4.72. The van der Waals surface area contributed by atoms with Crippen LogP contribution in [0, 0.1) is 0 Å². The number of ketones is 1. The molecule has 0 aliphatic carbocycles. The SMILES string of the molecule is O=C(C=Cc1ccc(O)cc1)c1c(O)cc(O)cc1O[C@@H]1O[C@@H](CO)[C@@H](O)[C@H](O)[C@@H]1O. The van der Waals surface area contributed by atoms with Gasteiger partial charge >= 0.3 is 0 Å². The second-order valence-electron chi connectivity index (χ2n) is 6.94. The molecule has 0 spiro atoms. The molecule has 0 amide bonds. The van der Waals surface area contributed by atoms with Crippen molar-refractivity contribution in [2.24, 2.45) is 0 Å². The average Bonchev–Trinajstić information content (AvgIpc) is 2.73. The number of aliphatic hydroxyl groups excluding tert-OH is 4. The summed E-state index contributed by atoms with van der Waals surface area (Å²) in [5, 5.41) is 68.5. The van der Waals surface area contributed by atoms with E-state index in [4.69, 9.17) is 9.47 Å². The van der Waals surface area contributed by atoms with Gasteiger partial charge in [-0.2, -0.15) is 0 Å². The van der Waals surface area contributed by atoms with Crippen LogP contribution in [0.2, 0.25) is 0 Å². The normalized spacial score (nSPS) is 26.1. The Morgan fingerprint density at radius 1 is 0.968 bits per heavy atom. The summed E-state index contributed by atoms with van der Waals surface area (Å²) in [5.41, 5.74) is 0.227. The van der Waals surface area contributed by atoms with Gasteiger partial charge in [-0.15, -0.1) is 0 Å². The topological polar surface area (TPSA) is 177 Å². The number of allylic oxidation sites excluding steroid dienone is 1. The van der Waals surface area contributed by atoms with Crippen LogP contribution in [0.5, 0.6) is 23.0 Å². The first-order valence-electron chi connectivity index (χ1n) is 9.26. The second-order valence-corrected chi connectivity index (χ2v) is 6.94. The van der Waals surface area contributed by atoms with Crippen LogP contribution in [0.1, 0.15) is 15.9 Å². The molecule has 1 saturated heterocycles. The number of carbonyl (C=O) groups is 1. The number of aliphatic hydroxyl groups is 4. The van der Waals surface area contributed by atoms with Crippen molar-refractivity contribution in [1.82, 2.24) is 0 Å². The fourth-order valence-corrected chi connectivity index (χ4v) is 3.06. The van der Waals surface area contributed by atoms with Crippen LogP contribution in [0.4, 0.5) is 0 Å². The van der Waals surface area contributed by atoms with E-state index in [-0.39, 0.29) is 17.1 Å². The molecule has 1 heterocycles. The van der Waals surface area contributed by atoms with E-state index in [0.717, 1.165) is 18.2 Å². The minimum atomic E-state index is -1.75. The summed E-state index contributed by atoms with van der Waals surface area (Å²) in [6.45, 7) is -0.683. The van der Waals surface area contributed by atoms with Crippen molar-refractivity contribution >= 4 is 11.9 Å². The fraction of sp³-hybridized carbons (Fsp3) is 0.286. The highest BCUT2D eigenvalue weighted by atomic mass is 16.7. The molecule has 2 aromatic rings. The highest BCUT2D eigenvalue weighted by molar-refractivity contribution is 6.10. The molecule has 1 aliphatic rings. The minimum absolute atomic E-state index is 0.0508. The van der Waals surface area contributed by atoms with Crippen molar-refractivity contribution in [1.29, 1.82) is 0 Å². The zero-order valence-electron chi connectivity index (χ0n) is 16.1. The van der Waals surface area contributed by atoms with Gasteiger partial charge in [0.25, 0.3) is 0 Å². The summed E-state index contributed by atoms with van der Waals surface area (Å²) in [5.74, 6) is -2.08. The van der Waals surface area contributed by atoms with E-state index in [1.807, 2.05) is 0 Å². The van der Waals surface area contributed by atoms with Gasteiger partial charge in [0.05, 0.1) is 6.61 Å². The van der Waals surface area contributed by atoms with E-state index < -0.39 is 54.6 Å². The summed E-state index contributed by atoms with van der Waals surface area (Å²) in [4.78, 5) is 12.7. The number of rotatable bonds is 6. The van der Waals surface area contributed by atoms with Gasteiger partial charge in [-0.25, -0.2) is 0 Å². The fourth-order valence-electron chi connectivity index (χ4n) is 3.06. The molecule has 7 N–H and O–H groups in total. The quantitative estimate of drug-likeness (QED) is 0.239. The third-order valence-electron chi connectivity index (χ3n) is 4.72. The molecule has 5 atom stereocenters. The Hall–Kier alpha value is -3.15. The van der Waals surface area contributed by atoms with E-state index in [0.29, 0.717) is 5.56 Å². The van der Waals surface area contributed by atoms with Gasteiger partial charge in [0.2, 0.25) is 6.29 Å². The first kappa shape index (κ1) is 22.5. The lowest BCUT2D eigenvalue weighted by Gasteiger charge is -2.39. The van der Waals surface area contributed by atoms with Crippen LogP contribution in [0.25, 0.3) is 6.08 Å². The number of hydrogen-bond acceptors (Lipinski definition) is 10. The molecule has 0 radical (unpaired) electrons. The maximum atomic E-state index is 12.7. The Labute approximate surface area is 176 Å². The Bertz CT molecular complexity index is 953. The zero-order valence-corrected chi connectivity index (χ0v) is 16.1. The van der Waals surface area contributed by atoms with Gasteiger partial charge in [0.1, 0.15) is 53.0 Å². The highest BCUT2D eigenvalue weighted by Crippen LogP contribution is 2.36. The number of hydrogen-bond donors (Lipinski definition) is 7. The van der Waals surface area contributed by atoms with Crippen molar-refractivity contribution in [2.45, 2.75) is 30.7 Å². The highest BCUT2D eigenvalue weighted by Gasteiger charge is 2.45. The molecule has 3 rings (SSSR count). The second kappa shape index (κ2) is 9.33. The summed E-state index contributed by atoms with van der Waals surface area (Å²) in [7, 11) is 0. The van der Waals surface area contributed by atoms with Gasteiger partial charge in [-0.1, -0.05) is 18.2 Å². The average molecular weight is 434 g/mol. The van der Waals surface area contributed by atoms with Crippen molar-refractivity contribution in [3.8, 4) is 23.0 Å². The maximum Gasteiger partial charge on any atom is 0.229 e. The maximum absolute atomic E-state index is 12.7. The van der Waals surface area contributed by atoms with Gasteiger partial charge < -0.3 is 45.2 Å². The van der Waals surface area contributed by atoms with E-state index in [1.165, 1.54) is 18.2 Å². The van der Waals surface area contributed by atoms with Crippen LogP contribution in [0.15, 0.2) is 42.5 Å². The Morgan fingerprint density at radius 2 is 1.65 bits per heavy atom. The summed E-state index contributed by atoms with van der Waals surface area (Å²) < 4.78 is 10.7. The summed E-state index contributed by atoms with van der Waals surface area (Å²) >= 11 is 0. The van der Waals surface area contributed by atoms with Crippen LogP contribution >= 0.6 is 0 Å². The molecule has 10 heteroatoms.